The molecule has 1 unspecified atom stereocenters. The fraction of sp³-hybridized carbons (Fsp3) is 0.457. The molecule has 8 rings (SSSR count). The Morgan fingerprint density at radius 2 is 1.40 bits per heavy atom. The van der Waals surface area contributed by atoms with Crippen molar-refractivity contribution in [2.45, 2.75) is 71.6 Å². The molecule has 2 N–H and O–H groups in total. The number of piperazine rings is 1. The standard InChI is InChI=1S/C46H50N8O6/c1-45(2)43(46(3,4)44(45)60-34-11-7-30(25-47)31(23-34)26-48)50-39(56)29-5-8-32(9-6-29)52-17-15-28(16-18-52)27-51-19-21-53(22-20-51)33-10-12-35-36(24-33)42(59)54(41(35)58)37-13-14-38(55)49-40(37)57/h5-12,23-24,28,37,43-44H,13-22,27H2,1-4H3,(H,50,56)(H,49,55,57). The molecule has 1 saturated carbocycles. The first-order chi connectivity index (χ1) is 28.7. The number of fused-ring (bicyclic) bond motifs is 1. The molecule has 3 saturated heterocycles. The summed E-state index contributed by atoms with van der Waals surface area (Å²) in [6, 6.07) is 21.0. The van der Waals surface area contributed by atoms with Crippen LogP contribution >= 0.6 is 0 Å². The van der Waals surface area contributed by atoms with E-state index in [0.29, 0.717) is 28.4 Å². The largest absolute Gasteiger partial charge is 0.489 e. The zero-order valence-corrected chi connectivity index (χ0v) is 34.5. The van der Waals surface area contributed by atoms with Crippen LogP contribution < -0.4 is 25.2 Å². The third-order valence-corrected chi connectivity index (χ3v) is 13.4. The molecule has 0 bridgehead atoms. The molecule has 4 aliphatic heterocycles. The first-order valence-electron chi connectivity index (χ1n) is 20.8. The molecule has 60 heavy (non-hydrogen) atoms. The van der Waals surface area contributed by atoms with E-state index in [-0.39, 0.29) is 42.0 Å². The summed E-state index contributed by atoms with van der Waals surface area (Å²) in [6.45, 7) is 14.6. The highest BCUT2D eigenvalue weighted by atomic mass is 16.5. The van der Waals surface area contributed by atoms with E-state index < -0.39 is 40.5 Å². The maximum Gasteiger partial charge on any atom is 0.262 e. The third kappa shape index (κ3) is 7.34. The SMILES string of the molecule is CC1(C)C(NC(=O)c2ccc(N3CCC(CN4CCN(c5ccc6c(c5)C(=O)N(C5CCC(=O)NC5=O)C6=O)CC4)CC3)cc2)C(C)(C)C1Oc1ccc(C#N)c(C#N)c1. The van der Waals surface area contributed by atoms with E-state index in [1.807, 2.05) is 36.4 Å². The molecule has 3 aromatic rings. The minimum atomic E-state index is -0.978. The Morgan fingerprint density at radius 3 is 2.05 bits per heavy atom. The summed E-state index contributed by atoms with van der Waals surface area (Å²) in [4.78, 5) is 72.2. The van der Waals surface area contributed by atoms with E-state index in [0.717, 1.165) is 74.9 Å². The zero-order valence-electron chi connectivity index (χ0n) is 34.5. The molecule has 310 valence electrons. The van der Waals surface area contributed by atoms with Gasteiger partial charge in [-0.1, -0.05) is 27.7 Å². The number of hydrogen-bond donors (Lipinski definition) is 2. The first-order valence-corrected chi connectivity index (χ1v) is 20.8. The van der Waals surface area contributed by atoms with Crippen molar-refractivity contribution in [2.75, 3.05) is 55.6 Å². The average Bonchev–Trinajstić information content (AvgIpc) is 3.49. The number of nitriles is 2. The van der Waals surface area contributed by atoms with Gasteiger partial charge in [-0.15, -0.1) is 0 Å². The molecule has 3 aromatic carbocycles. The fourth-order valence-electron chi connectivity index (χ4n) is 10.3. The maximum absolute atomic E-state index is 13.5. The Labute approximate surface area is 350 Å². The summed E-state index contributed by atoms with van der Waals surface area (Å²) in [7, 11) is 0. The summed E-state index contributed by atoms with van der Waals surface area (Å²) in [5, 5.41) is 24.2. The molecule has 14 nitrogen and oxygen atoms in total. The van der Waals surface area contributed by atoms with Gasteiger partial charge in [0.25, 0.3) is 17.7 Å². The average molecular weight is 811 g/mol. The number of anilines is 2. The summed E-state index contributed by atoms with van der Waals surface area (Å²) < 4.78 is 6.38. The van der Waals surface area contributed by atoms with Gasteiger partial charge in [0.1, 0.15) is 30.0 Å². The predicted octanol–water partition coefficient (Wildman–Crippen LogP) is 4.48. The van der Waals surface area contributed by atoms with Crippen molar-refractivity contribution >= 4 is 40.9 Å². The monoisotopic (exact) mass is 810 g/mol. The molecular formula is C46H50N8O6. The van der Waals surface area contributed by atoms with Gasteiger partial charge in [-0.2, -0.15) is 10.5 Å². The lowest BCUT2D eigenvalue weighted by molar-refractivity contribution is -0.164. The van der Waals surface area contributed by atoms with E-state index in [4.69, 9.17) is 4.74 Å². The van der Waals surface area contributed by atoms with E-state index in [1.54, 1.807) is 30.3 Å². The highest BCUT2D eigenvalue weighted by molar-refractivity contribution is 6.23. The van der Waals surface area contributed by atoms with Crippen molar-refractivity contribution in [2.24, 2.45) is 16.7 Å². The summed E-state index contributed by atoms with van der Waals surface area (Å²) in [5.74, 6) is -1.02. The normalized spacial score (nSPS) is 23.9. The Balaban J connectivity index is 0.791. The second kappa shape index (κ2) is 15.7. The van der Waals surface area contributed by atoms with Gasteiger partial charge in [0.05, 0.1) is 22.3 Å². The topological polar surface area (TPSA) is 179 Å². The second-order valence-electron chi connectivity index (χ2n) is 17.9. The van der Waals surface area contributed by atoms with Gasteiger partial charge in [-0.25, -0.2) is 0 Å². The fourth-order valence-corrected chi connectivity index (χ4v) is 10.3. The Hall–Kier alpha value is -6.25. The Kier molecular flexibility index (Phi) is 10.6. The molecule has 5 amide bonds. The van der Waals surface area contributed by atoms with Crippen LogP contribution in [0.5, 0.6) is 5.75 Å². The van der Waals surface area contributed by atoms with Gasteiger partial charge in [-0.05, 0) is 85.8 Å². The summed E-state index contributed by atoms with van der Waals surface area (Å²) in [6.07, 6.45) is 2.13. The molecule has 0 spiro atoms. The molecular weight excluding hydrogens is 761 g/mol. The lowest BCUT2D eigenvalue weighted by atomic mass is 9.49. The lowest BCUT2D eigenvalue weighted by Crippen LogP contribution is -2.74. The molecule has 0 aromatic heterocycles. The molecule has 4 fully saturated rings. The number of piperidine rings is 2. The zero-order chi connectivity index (χ0) is 42.5. The van der Waals surface area contributed by atoms with Crippen molar-refractivity contribution < 1.29 is 28.7 Å². The van der Waals surface area contributed by atoms with Crippen molar-refractivity contribution in [3.05, 3.63) is 88.5 Å². The molecule has 4 heterocycles. The van der Waals surface area contributed by atoms with Gasteiger partial charge < -0.3 is 19.9 Å². The van der Waals surface area contributed by atoms with E-state index in [2.05, 4.69) is 59.1 Å². The van der Waals surface area contributed by atoms with E-state index in [9.17, 15) is 34.5 Å². The molecule has 1 aliphatic carbocycles. The predicted molar refractivity (Wildman–Crippen MR) is 222 cm³/mol. The number of nitrogens with one attached hydrogen (secondary N) is 2. The van der Waals surface area contributed by atoms with Crippen LogP contribution in [0.15, 0.2) is 60.7 Å². The van der Waals surface area contributed by atoms with Crippen LogP contribution in [0.3, 0.4) is 0 Å². The number of carbonyl (C=O) groups excluding carboxylic acids is 5. The van der Waals surface area contributed by atoms with Crippen LogP contribution in [-0.4, -0.2) is 103 Å². The van der Waals surface area contributed by atoms with E-state index >= 15 is 0 Å². The van der Waals surface area contributed by atoms with Crippen LogP contribution in [-0.2, 0) is 9.59 Å². The van der Waals surface area contributed by atoms with Crippen LogP contribution in [0.1, 0.15) is 95.6 Å². The number of hydrogen-bond acceptors (Lipinski definition) is 11. The van der Waals surface area contributed by atoms with Crippen LogP contribution in [0.4, 0.5) is 11.4 Å². The quantitative estimate of drug-likeness (QED) is 0.291. The van der Waals surface area contributed by atoms with Crippen molar-refractivity contribution in [3.63, 3.8) is 0 Å². The summed E-state index contributed by atoms with van der Waals surface area (Å²) >= 11 is 0. The number of rotatable bonds is 9. The van der Waals surface area contributed by atoms with Gasteiger partial charge in [0.2, 0.25) is 11.8 Å². The summed E-state index contributed by atoms with van der Waals surface area (Å²) in [5.41, 5.74) is 2.96. The van der Waals surface area contributed by atoms with Gasteiger partial charge >= 0.3 is 0 Å². The van der Waals surface area contributed by atoms with Gasteiger partial charge in [0.15, 0.2) is 0 Å². The molecule has 14 heteroatoms. The first kappa shape index (κ1) is 40.5. The molecule has 1 atom stereocenters. The van der Waals surface area contributed by atoms with E-state index in [1.165, 1.54) is 0 Å². The number of carbonyl (C=O) groups is 5. The Bertz CT molecular complexity index is 2310. The minimum absolute atomic E-state index is 0.0874. The van der Waals surface area contributed by atoms with Crippen molar-refractivity contribution in [1.29, 1.82) is 10.5 Å². The molecule has 0 radical (unpaired) electrons. The lowest BCUT2D eigenvalue weighted by Gasteiger charge is -2.63. The number of imide groups is 2. The molecule has 5 aliphatic rings. The second-order valence-corrected chi connectivity index (χ2v) is 17.9. The van der Waals surface area contributed by atoms with Crippen LogP contribution in [0.25, 0.3) is 0 Å². The minimum Gasteiger partial charge on any atom is -0.489 e. The van der Waals surface area contributed by atoms with Crippen molar-refractivity contribution in [3.8, 4) is 17.9 Å². The smallest absolute Gasteiger partial charge is 0.262 e. The third-order valence-electron chi connectivity index (χ3n) is 13.4. The van der Waals surface area contributed by atoms with Crippen molar-refractivity contribution in [1.82, 2.24) is 20.4 Å². The number of amides is 5. The van der Waals surface area contributed by atoms with Crippen LogP contribution in [0, 0.1) is 39.4 Å². The highest BCUT2D eigenvalue weighted by Gasteiger charge is 2.64. The maximum atomic E-state index is 13.5. The highest BCUT2D eigenvalue weighted by Crippen LogP contribution is 2.55. The van der Waals surface area contributed by atoms with Gasteiger partial charge in [-0.3, -0.25) is 39.1 Å². The van der Waals surface area contributed by atoms with Gasteiger partial charge in [0, 0.05) is 86.0 Å². The van der Waals surface area contributed by atoms with Crippen LogP contribution in [0.2, 0.25) is 0 Å². The number of ether oxygens (including phenoxy) is 1. The Morgan fingerprint density at radius 1 is 0.767 bits per heavy atom. The number of benzene rings is 3. The number of nitrogens with zero attached hydrogens (tertiary/aromatic N) is 6.